The molecule has 0 unspecified atom stereocenters. The summed E-state index contributed by atoms with van der Waals surface area (Å²) in [5, 5.41) is 21.2. The third kappa shape index (κ3) is 4.10. The van der Waals surface area contributed by atoms with E-state index in [0.29, 0.717) is 19.5 Å². The van der Waals surface area contributed by atoms with Gasteiger partial charge in [0.25, 0.3) is 0 Å². The Hall–Kier alpha value is -2.08. The number of likely N-dealkylation sites (N-methyl/N-ethyl adjacent to an activating group) is 1. The molecule has 2 N–H and O–H groups in total. The second kappa shape index (κ2) is 7.89. The van der Waals surface area contributed by atoms with Gasteiger partial charge in [0.1, 0.15) is 11.4 Å². The van der Waals surface area contributed by atoms with Gasteiger partial charge >= 0.3 is 0 Å². The third-order valence-electron chi connectivity index (χ3n) is 5.32. The van der Waals surface area contributed by atoms with Crippen LogP contribution < -0.4 is 0 Å². The number of aliphatic hydroxyl groups is 1. The van der Waals surface area contributed by atoms with Gasteiger partial charge in [-0.3, -0.25) is 4.79 Å². The zero-order chi connectivity index (χ0) is 19.6. The Morgan fingerprint density at radius 2 is 1.96 bits per heavy atom. The van der Waals surface area contributed by atoms with Gasteiger partial charge in [-0.2, -0.15) is 0 Å². The summed E-state index contributed by atoms with van der Waals surface area (Å²) in [6.45, 7) is 0.934. The Labute approximate surface area is 164 Å². The van der Waals surface area contributed by atoms with Crippen LogP contribution in [0.3, 0.4) is 0 Å². The van der Waals surface area contributed by atoms with Crippen molar-refractivity contribution < 1.29 is 15.0 Å². The second-order valence-electron chi connectivity index (χ2n) is 7.32. The van der Waals surface area contributed by atoms with Crippen molar-refractivity contribution in [3.8, 4) is 5.75 Å². The van der Waals surface area contributed by atoms with Crippen LogP contribution in [-0.4, -0.2) is 59.1 Å². The lowest BCUT2D eigenvalue weighted by molar-refractivity contribution is -0.141. The molecule has 1 amide bonds. The molecule has 0 aromatic heterocycles. The van der Waals surface area contributed by atoms with E-state index in [1.54, 1.807) is 17.0 Å². The van der Waals surface area contributed by atoms with Crippen LogP contribution in [0.2, 0.25) is 5.02 Å². The first-order chi connectivity index (χ1) is 12.8. The molecule has 0 radical (unpaired) electrons. The number of amides is 1. The Morgan fingerprint density at radius 1 is 1.26 bits per heavy atom. The van der Waals surface area contributed by atoms with E-state index in [1.165, 1.54) is 6.07 Å². The van der Waals surface area contributed by atoms with E-state index in [1.807, 2.05) is 49.3 Å². The minimum atomic E-state index is -0.997. The van der Waals surface area contributed by atoms with Gasteiger partial charge in [-0.15, -0.1) is 0 Å². The zero-order valence-corrected chi connectivity index (χ0v) is 16.4. The molecule has 0 aliphatic carbocycles. The number of nitrogens with zero attached hydrogens (tertiary/aromatic N) is 2. The zero-order valence-electron chi connectivity index (χ0n) is 15.6. The normalized spacial score (nSPS) is 22.9. The number of likely N-dealkylation sites (tertiary alicyclic amines) is 1. The molecular formula is C21H25ClN2O3. The highest BCUT2D eigenvalue weighted by Crippen LogP contribution is 2.35. The Morgan fingerprint density at radius 3 is 2.59 bits per heavy atom. The van der Waals surface area contributed by atoms with Crippen LogP contribution in [-0.2, 0) is 16.8 Å². The summed E-state index contributed by atoms with van der Waals surface area (Å²) in [7, 11) is 3.85. The number of piperidine rings is 1. The maximum Gasteiger partial charge on any atom is 0.227 e. The highest BCUT2D eigenvalue weighted by atomic mass is 35.5. The van der Waals surface area contributed by atoms with Crippen molar-refractivity contribution >= 4 is 17.5 Å². The molecule has 2 aromatic rings. The van der Waals surface area contributed by atoms with Crippen LogP contribution in [0.1, 0.15) is 17.5 Å². The van der Waals surface area contributed by atoms with Gasteiger partial charge in [0.05, 0.1) is 17.5 Å². The number of phenolic OH excluding ortho intramolecular Hbond substituents is 1. The van der Waals surface area contributed by atoms with Gasteiger partial charge in [0.2, 0.25) is 5.91 Å². The van der Waals surface area contributed by atoms with Gasteiger partial charge < -0.3 is 20.0 Å². The molecular weight excluding hydrogens is 364 g/mol. The van der Waals surface area contributed by atoms with E-state index < -0.39 is 5.60 Å². The monoisotopic (exact) mass is 388 g/mol. The SMILES string of the molecule is CN(C)[C@@H]1CN(C(=O)Cc2ccc(O)c(Cl)c2)CC[C@]1(O)c1ccccc1. The minimum Gasteiger partial charge on any atom is -0.506 e. The molecule has 5 nitrogen and oxygen atoms in total. The van der Waals surface area contributed by atoms with Crippen LogP contribution in [0.25, 0.3) is 0 Å². The molecule has 1 aliphatic rings. The van der Waals surface area contributed by atoms with E-state index in [4.69, 9.17) is 11.6 Å². The molecule has 2 aromatic carbocycles. The van der Waals surface area contributed by atoms with Crippen LogP contribution in [0.15, 0.2) is 48.5 Å². The van der Waals surface area contributed by atoms with Crippen molar-refractivity contribution in [1.29, 1.82) is 0 Å². The molecule has 6 heteroatoms. The number of carbonyl (C=O) groups excluding carboxylic acids is 1. The first-order valence-corrected chi connectivity index (χ1v) is 9.38. The summed E-state index contributed by atoms with van der Waals surface area (Å²) in [6, 6.07) is 14.3. The van der Waals surface area contributed by atoms with Crippen molar-refractivity contribution in [1.82, 2.24) is 9.80 Å². The summed E-state index contributed by atoms with van der Waals surface area (Å²) >= 11 is 5.94. The number of aromatic hydroxyl groups is 1. The molecule has 1 saturated heterocycles. The second-order valence-corrected chi connectivity index (χ2v) is 7.73. The molecule has 0 bridgehead atoms. The van der Waals surface area contributed by atoms with Crippen molar-refractivity contribution in [2.75, 3.05) is 27.2 Å². The number of hydrogen-bond donors (Lipinski definition) is 2. The number of phenols is 1. The van der Waals surface area contributed by atoms with Crippen molar-refractivity contribution in [3.63, 3.8) is 0 Å². The van der Waals surface area contributed by atoms with Gasteiger partial charge in [0, 0.05) is 13.1 Å². The lowest BCUT2D eigenvalue weighted by Crippen LogP contribution is -2.60. The minimum absolute atomic E-state index is 0.00596. The summed E-state index contributed by atoms with van der Waals surface area (Å²) in [5.41, 5.74) is 0.637. The van der Waals surface area contributed by atoms with Gasteiger partial charge in [0.15, 0.2) is 0 Å². The number of hydrogen-bond acceptors (Lipinski definition) is 4. The molecule has 3 rings (SSSR count). The molecule has 1 aliphatic heterocycles. The highest BCUT2D eigenvalue weighted by molar-refractivity contribution is 6.32. The standard InChI is InChI=1S/C21H25ClN2O3/c1-23(2)19-14-24(11-10-21(19,27)16-6-4-3-5-7-16)20(26)13-15-8-9-18(25)17(22)12-15/h3-9,12,19,25,27H,10-11,13-14H2,1-2H3/t19-,21+/m1/s1. The van der Waals surface area contributed by atoms with Crippen molar-refractivity contribution in [2.24, 2.45) is 0 Å². The number of benzene rings is 2. The van der Waals surface area contributed by atoms with E-state index in [-0.39, 0.29) is 29.1 Å². The lowest BCUT2D eigenvalue weighted by atomic mass is 9.79. The number of halogens is 1. The summed E-state index contributed by atoms with van der Waals surface area (Å²) < 4.78 is 0. The molecule has 0 saturated carbocycles. The maximum absolute atomic E-state index is 12.8. The van der Waals surface area contributed by atoms with Crippen LogP contribution in [0.5, 0.6) is 5.75 Å². The number of rotatable bonds is 4. The largest absolute Gasteiger partial charge is 0.506 e. The molecule has 2 atom stereocenters. The topological polar surface area (TPSA) is 64.0 Å². The predicted octanol–water partition coefficient (Wildman–Crippen LogP) is 2.64. The summed E-state index contributed by atoms with van der Waals surface area (Å²) in [5.74, 6) is -0.00912. The predicted molar refractivity (Wildman–Crippen MR) is 106 cm³/mol. The fourth-order valence-electron chi connectivity index (χ4n) is 3.75. The fourth-order valence-corrected chi connectivity index (χ4v) is 3.95. The maximum atomic E-state index is 12.8. The fraction of sp³-hybridized carbons (Fsp3) is 0.381. The average molecular weight is 389 g/mol. The average Bonchev–Trinajstić information content (AvgIpc) is 2.65. The first-order valence-electron chi connectivity index (χ1n) is 9.01. The van der Waals surface area contributed by atoms with E-state index in [2.05, 4.69) is 0 Å². The number of carbonyl (C=O) groups is 1. The summed E-state index contributed by atoms with van der Waals surface area (Å²) in [6.07, 6.45) is 0.686. The Bertz CT molecular complexity index is 812. The summed E-state index contributed by atoms with van der Waals surface area (Å²) in [4.78, 5) is 16.6. The van der Waals surface area contributed by atoms with Gasteiger partial charge in [-0.05, 0) is 43.8 Å². The Balaban J connectivity index is 1.76. The quantitative estimate of drug-likeness (QED) is 0.845. The van der Waals surface area contributed by atoms with E-state index in [0.717, 1.165) is 11.1 Å². The van der Waals surface area contributed by atoms with Crippen molar-refractivity contribution in [2.45, 2.75) is 24.5 Å². The molecule has 0 spiro atoms. The molecule has 1 heterocycles. The highest BCUT2D eigenvalue weighted by Gasteiger charge is 2.44. The molecule has 27 heavy (non-hydrogen) atoms. The molecule has 144 valence electrons. The Kier molecular flexibility index (Phi) is 5.75. The smallest absolute Gasteiger partial charge is 0.227 e. The van der Waals surface area contributed by atoms with Crippen LogP contribution in [0.4, 0.5) is 0 Å². The van der Waals surface area contributed by atoms with Crippen LogP contribution in [0, 0.1) is 0 Å². The van der Waals surface area contributed by atoms with Crippen molar-refractivity contribution in [3.05, 3.63) is 64.7 Å². The van der Waals surface area contributed by atoms with Gasteiger partial charge in [-0.1, -0.05) is 48.0 Å². The first kappa shape index (κ1) is 19.7. The van der Waals surface area contributed by atoms with E-state index >= 15 is 0 Å². The van der Waals surface area contributed by atoms with Crippen LogP contribution >= 0.6 is 11.6 Å². The molecule has 1 fully saturated rings. The lowest BCUT2D eigenvalue weighted by Gasteiger charge is -2.47. The third-order valence-corrected chi connectivity index (χ3v) is 5.63. The van der Waals surface area contributed by atoms with Gasteiger partial charge in [-0.25, -0.2) is 0 Å². The van der Waals surface area contributed by atoms with E-state index in [9.17, 15) is 15.0 Å².